The van der Waals surface area contributed by atoms with E-state index in [-0.39, 0.29) is 29.8 Å². The van der Waals surface area contributed by atoms with E-state index in [4.69, 9.17) is 0 Å². The summed E-state index contributed by atoms with van der Waals surface area (Å²) in [5.41, 5.74) is -0.580. The molecule has 1 unspecified atom stereocenters. The molecule has 4 rings (SSSR count). The Morgan fingerprint density at radius 2 is 1.38 bits per heavy atom. The van der Waals surface area contributed by atoms with Gasteiger partial charge in [-0.3, -0.25) is 0 Å². The Balaban J connectivity index is 1.91. The molecule has 2 atom stereocenters. The number of rotatable bonds is 7. The van der Waals surface area contributed by atoms with E-state index in [2.05, 4.69) is 9.47 Å². The van der Waals surface area contributed by atoms with Gasteiger partial charge in [0.05, 0.1) is 6.54 Å². The maximum Gasteiger partial charge on any atom is 0.573 e. The molecule has 210 valence electrons. The summed E-state index contributed by atoms with van der Waals surface area (Å²) in [6.07, 6.45) is -17.9. The number of β-amino-alcohol motifs (C(OH)–C–C–N with tert-alkyl or cyclic N) is 1. The van der Waals surface area contributed by atoms with E-state index in [1.54, 1.807) is 30.3 Å². The summed E-state index contributed by atoms with van der Waals surface area (Å²) in [4.78, 5) is 1.14. The summed E-state index contributed by atoms with van der Waals surface area (Å²) in [7, 11) is 0. The highest BCUT2D eigenvalue weighted by Gasteiger charge is 2.48. The van der Waals surface area contributed by atoms with Gasteiger partial charge in [0.2, 0.25) is 0 Å². The smallest absolute Gasteiger partial charge is 0.406 e. The minimum absolute atomic E-state index is 0.0234. The molecule has 1 heterocycles. The maximum absolute atomic E-state index is 13.3. The first-order valence-electron chi connectivity index (χ1n) is 11.4. The Bertz CT molecular complexity index is 1290. The highest BCUT2D eigenvalue weighted by Crippen LogP contribution is 2.50. The highest BCUT2D eigenvalue weighted by atomic mass is 19.4. The third-order valence-corrected chi connectivity index (χ3v) is 6.26. The Labute approximate surface area is 216 Å². The van der Waals surface area contributed by atoms with Gasteiger partial charge in [-0.2, -0.15) is 13.2 Å². The lowest BCUT2D eigenvalue weighted by Gasteiger charge is -2.33. The van der Waals surface area contributed by atoms with Gasteiger partial charge in [0.25, 0.3) is 0 Å². The average molecular weight is 565 g/mol. The van der Waals surface area contributed by atoms with Crippen molar-refractivity contribution < 1.29 is 54.1 Å². The number of halogens is 9. The van der Waals surface area contributed by atoms with Crippen molar-refractivity contribution in [3.63, 3.8) is 0 Å². The summed E-state index contributed by atoms with van der Waals surface area (Å²) >= 11 is 0. The molecule has 0 fully saturated rings. The van der Waals surface area contributed by atoms with Crippen LogP contribution in [0.2, 0.25) is 0 Å². The number of benzene rings is 3. The van der Waals surface area contributed by atoms with Crippen LogP contribution in [0.3, 0.4) is 0 Å². The minimum Gasteiger partial charge on any atom is -0.406 e. The summed E-state index contributed by atoms with van der Waals surface area (Å²) in [6.45, 7) is -1.28. The number of alkyl halides is 9. The van der Waals surface area contributed by atoms with Crippen molar-refractivity contribution in [2.75, 3.05) is 18.0 Å². The number of anilines is 1. The second kappa shape index (κ2) is 10.2. The Hall–Kier alpha value is -3.61. The molecular weight excluding hydrogens is 545 g/mol. The fraction of sp³-hybridized carbons (Fsp3) is 0.308. The van der Waals surface area contributed by atoms with Gasteiger partial charge in [-0.1, -0.05) is 42.5 Å². The largest absolute Gasteiger partial charge is 0.573 e. The molecule has 1 N–H and O–H groups in total. The first kappa shape index (κ1) is 28.4. The Kier molecular flexibility index (Phi) is 7.41. The fourth-order valence-corrected chi connectivity index (χ4v) is 4.78. The molecule has 0 spiro atoms. The molecule has 0 saturated carbocycles. The molecule has 0 bridgehead atoms. The molecular formula is C26H20F9NO3. The standard InChI is InChI=1S/C26H20F9NO3/c27-24(28,29)22(37)14-36-15-23(13-16-5-2-1-3-6-16,17-7-4-8-18(11-17)38-25(30,31)32)20-12-19(9-10-21(20)36)39-26(33,34)35/h1-12,22,37H,13-15H2/t22-,23?/m1/s1. The number of ether oxygens (including phenoxy) is 2. The molecule has 4 nitrogen and oxygen atoms in total. The van der Waals surface area contributed by atoms with E-state index >= 15 is 0 Å². The van der Waals surface area contributed by atoms with Gasteiger partial charge in [0, 0.05) is 17.6 Å². The molecule has 0 aliphatic carbocycles. The number of hydrogen-bond donors (Lipinski definition) is 1. The summed E-state index contributed by atoms with van der Waals surface area (Å²) in [6, 6.07) is 16.1. The number of hydrogen-bond acceptors (Lipinski definition) is 4. The molecule has 1 aliphatic heterocycles. The van der Waals surface area contributed by atoms with Crippen molar-refractivity contribution in [2.45, 2.75) is 36.8 Å². The zero-order valence-corrected chi connectivity index (χ0v) is 19.7. The van der Waals surface area contributed by atoms with E-state index in [0.29, 0.717) is 5.56 Å². The van der Waals surface area contributed by atoms with Crippen molar-refractivity contribution in [1.82, 2.24) is 0 Å². The SMILES string of the molecule is O[C@H](CN1CC(Cc2ccccc2)(c2cccc(OC(F)(F)F)c2)c2cc(OC(F)(F)F)ccc21)C(F)(F)F. The van der Waals surface area contributed by atoms with E-state index in [9.17, 15) is 44.6 Å². The second-order valence-corrected chi connectivity index (χ2v) is 8.98. The zero-order valence-electron chi connectivity index (χ0n) is 19.7. The molecule has 13 heteroatoms. The first-order valence-corrected chi connectivity index (χ1v) is 11.4. The predicted molar refractivity (Wildman–Crippen MR) is 121 cm³/mol. The van der Waals surface area contributed by atoms with Gasteiger partial charge in [-0.15, -0.1) is 26.3 Å². The van der Waals surface area contributed by atoms with Crippen molar-refractivity contribution in [3.05, 3.63) is 89.5 Å². The van der Waals surface area contributed by atoms with Crippen molar-refractivity contribution in [3.8, 4) is 11.5 Å². The molecule has 3 aromatic rings. The molecule has 0 radical (unpaired) electrons. The summed E-state index contributed by atoms with van der Waals surface area (Å²) in [5.74, 6) is -1.29. The van der Waals surface area contributed by atoms with Gasteiger partial charge in [-0.25, -0.2) is 0 Å². The van der Waals surface area contributed by atoms with Crippen LogP contribution in [-0.2, 0) is 11.8 Å². The lowest BCUT2D eigenvalue weighted by Crippen LogP contribution is -2.44. The molecule has 39 heavy (non-hydrogen) atoms. The van der Waals surface area contributed by atoms with Crippen LogP contribution in [0.25, 0.3) is 0 Å². The van der Waals surface area contributed by atoms with Crippen LogP contribution in [0.5, 0.6) is 11.5 Å². The van der Waals surface area contributed by atoms with E-state index < -0.39 is 48.5 Å². The molecule has 0 saturated heterocycles. The zero-order chi connectivity index (χ0) is 28.6. The van der Waals surface area contributed by atoms with Crippen molar-refractivity contribution >= 4 is 5.69 Å². The third-order valence-electron chi connectivity index (χ3n) is 6.26. The normalized spacial score (nSPS) is 18.6. The fourth-order valence-electron chi connectivity index (χ4n) is 4.78. The van der Waals surface area contributed by atoms with E-state index in [1.165, 1.54) is 12.1 Å². The molecule has 0 amide bonds. The monoisotopic (exact) mass is 565 g/mol. The van der Waals surface area contributed by atoms with Crippen molar-refractivity contribution in [2.24, 2.45) is 0 Å². The van der Waals surface area contributed by atoms with Crippen LogP contribution in [0.1, 0.15) is 16.7 Å². The average Bonchev–Trinajstić information content (AvgIpc) is 3.10. The number of fused-ring (bicyclic) bond motifs is 1. The lowest BCUT2D eigenvalue weighted by atomic mass is 9.71. The quantitative estimate of drug-likeness (QED) is 0.322. The van der Waals surface area contributed by atoms with Gasteiger partial charge in [-0.05, 0) is 53.4 Å². The summed E-state index contributed by atoms with van der Waals surface area (Å²) in [5, 5.41) is 9.80. The predicted octanol–water partition coefficient (Wildman–Crippen LogP) is 6.76. The maximum atomic E-state index is 13.3. The van der Waals surface area contributed by atoms with Crippen LogP contribution in [0, 0.1) is 0 Å². The van der Waals surface area contributed by atoms with Crippen molar-refractivity contribution in [1.29, 1.82) is 0 Å². The van der Waals surface area contributed by atoms with E-state index in [0.717, 1.165) is 35.2 Å². The van der Waals surface area contributed by atoms with Crippen LogP contribution < -0.4 is 14.4 Å². The number of nitrogens with zero attached hydrogens (tertiary/aromatic N) is 1. The Morgan fingerprint density at radius 3 is 1.97 bits per heavy atom. The summed E-state index contributed by atoms with van der Waals surface area (Å²) < 4.78 is 126. The Morgan fingerprint density at radius 1 is 0.769 bits per heavy atom. The van der Waals surface area contributed by atoms with E-state index in [1.807, 2.05) is 0 Å². The minimum atomic E-state index is -5.08. The highest BCUT2D eigenvalue weighted by molar-refractivity contribution is 5.69. The third kappa shape index (κ3) is 6.70. The van der Waals surface area contributed by atoms with Gasteiger partial charge >= 0.3 is 18.9 Å². The lowest BCUT2D eigenvalue weighted by molar-refractivity contribution is -0.275. The van der Waals surface area contributed by atoms with Crippen LogP contribution >= 0.6 is 0 Å². The van der Waals surface area contributed by atoms with Crippen LogP contribution in [0.4, 0.5) is 45.2 Å². The van der Waals surface area contributed by atoms with Gasteiger partial charge in [0.15, 0.2) is 6.10 Å². The number of aliphatic hydroxyl groups excluding tert-OH is 1. The second-order valence-electron chi connectivity index (χ2n) is 8.98. The molecule has 1 aliphatic rings. The van der Waals surface area contributed by atoms with Crippen LogP contribution in [0.15, 0.2) is 72.8 Å². The number of aliphatic hydroxyl groups is 1. The molecule has 0 aromatic heterocycles. The topological polar surface area (TPSA) is 41.9 Å². The van der Waals surface area contributed by atoms with Crippen LogP contribution in [-0.4, -0.2) is 43.2 Å². The van der Waals surface area contributed by atoms with Gasteiger partial charge < -0.3 is 19.5 Å². The first-order chi connectivity index (χ1) is 18.1. The molecule has 3 aromatic carbocycles. The van der Waals surface area contributed by atoms with Gasteiger partial charge in [0.1, 0.15) is 11.5 Å².